The highest BCUT2D eigenvalue weighted by molar-refractivity contribution is 6.31. The third kappa shape index (κ3) is 2.60. The van der Waals surface area contributed by atoms with Crippen molar-refractivity contribution in [1.29, 1.82) is 0 Å². The van der Waals surface area contributed by atoms with Gasteiger partial charge < -0.3 is 0 Å². The van der Waals surface area contributed by atoms with Crippen LogP contribution in [0.15, 0.2) is 48.5 Å². The summed E-state index contributed by atoms with van der Waals surface area (Å²) >= 11 is 11.9. The molecule has 0 bridgehead atoms. The van der Waals surface area contributed by atoms with Crippen LogP contribution in [0.4, 0.5) is 0 Å². The number of benzene rings is 2. The van der Waals surface area contributed by atoms with Gasteiger partial charge in [0.2, 0.25) is 0 Å². The molecule has 0 fully saturated rings. The molecule has 2 rings (SSSR count). The molecule has 0 atom stereocenters. The van der Waals surface area contributed by atoms with Crippen molar-refractivity contribution < 1.29 is 0 Å². The van der Waals surface area contributed by atoms with Gasteiger partial charge in [0.25, 0.3) is 0 Å². The van der Waals surface area contributed by atoms with Crippen LogP contribution in [0.3, 0.4) is 0 Å². The van der Waals surface area contributed by atoms with Crippen molar-refractivity contribution in [2.75, 3.05) is 0 Å². The van der Waals surface area contributed by atoms with E-state index in [2.05, 4.69) is 0 Å². The van der Waals surface area contributed by atoms with Gasteiger partial charge in [-0.05, 0) is 41.2 Å². The van der Waals surface area contributed by atoms with Gasteiger partial charge >= 0.3 is 0 Å². The van der Waals surface area contributed by atoms with Crippen molar-refractivity contribution in [1.82, 2.24) is 0 Å². The molecule has 0 aliphatic rings. The standard InChI is InChI=1S/C13H9BCl2/c14-13(9-3-1-5-11(15)7-9)10-4-2-6-12(16)8-10/h1-8,13H. The molecule has 2 aromatic rings. The van der Waals surface area contributed by atoms with Crippen LogP contribution in [0.25, 0.3) is 0 Å². The fourth-order valence-corrected chi connectivity index (χ4v) is 1.99. The Kier molecular flexibility index (Phi) is 3.57. The number of rotatable bonds is 2. The van der Waals surface area contributed by atoms with Gasteiger partial charge in [0, 0.05) is 10.0 Å². The van der Waals surface area contributed by atoms with E-state index >= 15 is 0 Å². The average Bonchev–Trinajstić information content (AvgIpc) is 2.28. The van der Waals surface area contributed by atoms with Gasteiger partial charge in [0.15, 0.2) is 0 Å². The fraction of sp³-hybridized carbons (Fsp3) is 0.0769. The molecule has 0 aliphatic heterocycles. The van der Waals surface area contributed by atoms with Gasteiger partial charge in [-0.3, -0.25) is 0 Å². The zero-order valence-corrected chi connectivity index (χ0v) is 10.0. The van der Waals surface area contributed by atoms with E-state index in [9.17, 15) is 0 Å². The van der Waals surface area contributed by atoms with Gasteiger partial charge in [0.1, 0.15) is 0 Å². The second-order valence-corrected chi connectivity index (χ2v) is 4.46. The molecule has 0 saturated carbocycles. The van der Waals surface area contributed by atoms with E-state index in [0.717, 1.165) is 11.1 Å². The monoisotopic (exact) mass is 246 g/mol. The highest BCUT2D eigenvalue weighted by Gasteiger charge is 2.08. The predicted molar refractivity (Wildman–Crippen MR) is 70.5 cm³/mol. The third-order valence-corrected chi connectivity index (χ3v) is 2.89. The zero-order valence-electron chi connectivity index (χ0n) is 8.53. The lowest BCUT2D eigenvalue weighted by molar-refractivity contribution is 1.14. The van der Waals surface area contributed by atoms with Crippen molar-refractivity contribution in [3.05, 3.63) is 69.7 Å². The highest BCUT2D eigenvalue weighted by atomic mass is 35.5. The zero-order chi connectivity index (χ0) is 11.5. The van der Waals surface area contributed by atoms with Gasteiger partial charge in [-0.2, -0.15) is 0 Å². The summed E-state index contributed by atoms with van der Waals surface area (Å²) in [7, 11) is 6.14. The molecule has 0 amide bonds. The van der Waals surface area contributed by atoms with Crippen LogP contribution in [0.5, 0.6) is 0 Å². The molecule has 0 unspecified atom stereocenters. The average molecular weight is 247 g/mol. The van der Waals surface area contributed by atoms with E-state index in [0.29, 0.717) is 10.0 Å². The summed E-state index contributed by atoms with van der Waals surface area (Å²) in [5, 5.41) is 1.38. The molecule has 0 N–H and O–H groups in total. The summed E-state index contributed by atoms with van der Waals surface area (Å²) in [5.74, 6) is -0.197. The second-order valence-electron chi connectivity index (χ2n) is 3.59. The lowest BCUT2D eigenvalue weighted by Gasteiger charge is -2.13. The molecule has 0 aromatic heterocycles. The fourth-order valence-electron chi connectivity index (χ4n) is 1.59. The first-order valence-corrected chi connectivity index (χ1v) is 5.69. The minimum atomic E-state index is -0.197. The Hall–Kier alpha value is -0.915. The van der Waals surface area contributed by atoms with Crippen LogP contribution in [0.2, 0.25) is 10.0 Å². The number of hydrogen-bond acceptors (Lipinski definition) is 0. The summed E-state index contributed by atoms with van der Waals surface area (Å²) in [6.07, 6.45) is 0. The Morgan fingerprint density at radius 2 is 1.25 bits per heavy atom. The lowest BCUT2D eigenvalue weighted by Crippen LogP contribution is -2.00. The van der Waals surface area contributed by atoms with Crippen molar-refractivity contribution in [2.24, 2.45) is 0 Å². The Bertz CT molecular complexity index is 451. The van der Waals surface area contributed by atoms with Crippen LogP contribution in [0.1, 0.15) is 16.9 Å². The van der Waals surface area contributed by atoms with E-state index < -0.39 is 0 Å². The van der Waals surface area contributed by atoms with Crippen molar-refractivity contribution in [3.63, 3.8) is 0 Å². The number of halogens is 2. The smallest absolute Gasteiger partial charge is 0.0828 e. The minimum Gasteiger partial charge on any atom is -0.0843 e. The van der Waals surface area contributed by atoms with Crippen LogP contribution < -0.4 is 0 Å². The van der Waals surface area contributed by atoms with Crippen molar-refractivity contribution >= 4 is 31.0 Å². The number of hydrogen-bond donors (Lipinski definition) is 0. The molecule has 2 aromatic carbocycles. The first kappa shape index (κ1) is 11.6. The molecule has 0 aliphatic carbocycles. The van der Waals surface area contributed by atoms with Crippen LogP contribution >= 0.6 is 23.2 Å². The van der Waals surface area contributed by atoms with Gasteiger partial charge in [-0.1, -0.05) is 47.5 Å². The molecule has 16 heavy (non-hydrogen) atoms. The van der Waals surface area contributed by atoms with E-state index in [1.165, 1.54) is 0 Å². The first-order valence-electron chi connectivity index (χ1n) is 4.93. The molecular formula is C13H9BCl2. The minimum absolute atomic E-state index is 0.197. The maximum absolute atomic E-state index is 6.14. The highest BCUT2D eigenvalue weighted by Crippen LogP contribution is 2.25. The molecule has 3 heteroatoms. The Morgan fingerprint density at radius 1 is 0.812 bits per heavy atom. The Labute approximate surface area is 107 Å². The topological polar surface area (TPSA) is 0 Å². The normalized spacial score (nSPS) is 10.7. The SMILES string of the molecule is [B]C(c1cccc(Cl)c1)c1cccc(Cl)c1. The summed E-state index contributed by atoms with van der Waals surface area (Å²) in [6.45, 7) is 0. The largest absolute Gasteiger partial charge is 0.0843 e. The third-order valence-electron chi connectivity index (χ3n) is 2.42. The molecule has 0 saturated heterocycles. The lowest BCUT2D eigenvalue weighted by atomic mass is 9.76. The maximum atomic E-state index is 6.14. The molecular weight excluding hydrogens is 238 g/mol. The molecule has 0 spiro atoms. The second kappa shape index (κ2) is 4.94. The van der Waals surface area contributed by atoms with E-state index in [4.69, 9.17) is 31.0 Å². The van der Waals surface area contributed by atoms with Gasteiger partial charge in [0.05, 0.1) is 7.85 Å². The van der Waals surface area contributed by atoms with Crippen LogP contribution in [0, 0.1) is 0 Å². The summed E-state index contributed by atoms with van der Waals surface area (Å²) in [4.78, 5) is 0. The van der Waals surface area contributed by atoms with Crippen LogP contribution in [-0.4, -0.2) is 7.85 Å². The quantitative estimate of drug-likeness (QED) is 0.695. The molecule has 0 heterocycles. The van der Waals surface area contributed by atoms with E-state index in [1.54, 1.807) is 0 Å². The molecule has 78 valence electrons. The van der Waals surface area contributed by atoms with Crippen molar-refractivity contribution in [3.8, 4) is 0 Å². The van der Waals surface area contributed by atoms with Gasteiger partial charge in [-0.25, -0.2) is 0 Å². The first-order chi connectivity index (χ1) is 7.66. The predicted octanol–water partition coefficient (Wildman–Crippen LogP) is 4.25. The molecule has 2 radical (unpaired) electrons. The maximum Gasteiger partial charge on any atom is 0.0828 e. The van der Waals surface area contributed by atoms with Gasteiger partial charge in [-0.15, -0.1) is 0 Å². The Morgan fingerprint density at radius 3 is 1.62 bits per heavy atom. The van der Waals surface area contributed by atoms with E-state index in [-0.39, 0.29) is 5.82 Å². The summed E-state index contributed by atoms with van der Waals surface area (Å²) < 4.78 is 0. The van der Waals surface area contributed by atoms with Crippen LogP contribution in [-0.2, 0) is 0 Å². The Balaban J connectivity index is 2.35. The summed E-state index contributed by atoms with van der Waals surface area (Å²) in [6, 6.07) is 15.1. The molecule has 0 nitrogen and oxygen atoms in total. The summed E-state index contributed by atoms with van der Waals surface area (Å²) in [5.41, 5.74) is 1.96. The van der Waals surface area contributed by atoms with E-state index in [1.807, 2.05) is 48.5 Å². The van der Waals surface area contributed by atoms with Crippen molar-refractivity contribution in [2.45, 2.75) is 5.82 Å².